The highest BCUT2D eigenvalue weighted by Crippen LogP contribution is 2.25. The molecule has 140 valence electrons. The average Bonchev–Trinajstić information content (AvgIpc) is 3.10. The molecule has 0 saturated carbocycles. The first-order valence-corrected chi connectivity index (χ1v) is 9.54. The van der Waals surface area contributed by atoms with Crippen molar-refractivity contribution in [2.75, 3.05) is 7.11 Å². The topological polar surface area (TPSA) is 65.5 Å². The van der Waals surface area contributed by atoms with Gasteiger partial charge in [-0.05, 0) is 37.3 Å². The molecule has 2 heterocycles. The van der Waals surface area contributed by atoms with Crippen LogP contribution in [0.5, 0.6) is 5.75 Å². The van der Waals surface area contributed by atoms with Crippen molar-refractivity contribution in [3.05, 3.63) is 56.9 Å². The minimum absolute atomic E-state index is 0.0128. The molecule has 0 aliphatic rings. The minimum atomic E-state index is -0.442. The highest BCUT2D eigenvalue weighted by atomic mass is 35.5. The number of esters is 1. The zero-order valence-electron chi connectivity index (χ0n) is 15.0. The Bertz CT molecular complexity index is 999. The van der Waals surface area contributed by atoms with E-state index in [9.17, 15) is 9.59 Å². The van der Waals surface area contributed by atoms with Crippen LogP contribution in [0.3, 0.4) is 0 Å². The molecule has 0 saturated heterocycles. The van der Waals surface area contributed by atoms with Gasteiger partial charge in [0.05, 0.1) is 23.9 Å². The second-order valence-corrected chi connectivity index (χ2v) is 7.64. The maximum atomic E-state index is 12.1. The van der Waals surface area contributed by atoms with Gasteiger partial charge in [-0.2, -0.15) is 0 Å². The Hall–Kier alpha value is -2.44. The van der Waals surface area contributed by atoms with Gasteiger partial charge in [-0.15, -0.1) is 11.3 Å². The fraction of sp³-hybridized carbons (Fsp3) is 0.250. The number of benzene rings is 1. The van der Waals surface area contributed by atoms with Crippen LogP contribution in [-0.2, 0) is 16.1 Å². The Balaban J connectivity index is 1.58. The van der Waals surface area contributed by atoms with E-state index in [-0.39, 0.29) is 30.4 Å². The van der Waals surface area contributed by atoms with E-state index in [1.807, 2.05) is 31.2 Å². The van der Waals surface area contributed by atoms with Crippen LogP contribution in [0, 0.1) is 6.92 Å². The van der Waals surface area contributed by atoms with Gasteiger partial charge in [-0.1, -0.05) is 11.6 Å². The van der Waals surface area contributed by atoms with Crippen LogP contribution in [0.2, 0.25) is 5.15 Å². The molecule has 7 heteroatoms. The third kappa shape index (κ3) is 4.84. The summed E-state index contributed by atoms with van der Waals surface area (Å²) < 4.78 is 10.4. The lowest BCUT2D eigenvalue weighted by Crippen LogP contribution is -2.08. The molecule has 0 amide bonds. The second-order valence-electron chi connectivity index (χ2n) is 5.99. The summed E-state index contributed by atoms with van der Waals surface area (Å²) in [4.78, 5) is 30.1. The molecule has 5 nitrogen and oxygen atoms in total. The van der Waals surface area contributed by atoms with Crippen molar-refractivity contribution in [3.8, 4) is 5.75 Å². The Morgan fingerprint density at radius 3 is 2.67 bits per heavy atom. The summed E-state index contributed by atoms with van der Waals surface area (Å²) in [6, 6.07) is 11.0. The van der Waals surface area contributed by atoms with E-state index in [1.54, 1.807) is 19.2 Å². The van der Waals surface area contributed by atoms with Gasteiger partial charge >= 0.3 is 5.97 Å². The zero-order chi connectivity index (χ0) is 19.4. The standard InChI is InChI=1S/C20H18ClNO4S/c1-12-3-7-18(27-12)17(23)6-8-19(24)26-11-14-9-13-4-5-15(25-2)10-16(13)22-20(14)21/h3-5,7,9-10H,6,8,11H2,1-2H3. The van der Waals surface area contributed by atoms with Gasteiger partial charge < -0.3 is 9.47 Å². The van der Waals surface area contributed by atoms with E-state index in [0.717, 1.165) is 10.3 Å². The van der Waals surface area contributed by atoms with Crippen molar-refractivity contribution in [2.45, 2.75) is 26.4 Å². The minimum Gasteiger partial charge on any atom is -0.497 e. The van der Waals surface area contributed by atoms with Crippen LogP contribution >= 0.6 is 22.9 Å². The van der Waals surface area contributed by atoms with Crippen LogP contribution in [0.1, 0.15) is 33.0 Å². The van der Waals surface area contributed by atoms with Gasteiger partial charge in [0.15, 0.2) is 5.78 Å². The van der Waals surface area contributed by atoms with Crippen LogP contribution < -0.4 is 4.74 Å². The third-order valence-electron chi connectivity index (χ3n) is 4.01. The molecule has 0 atom stereocenters. The zero-order valence-corrected chi connectivity index (χ0v) is 16.5. The molecule has 0 N–H and O–H groups in total. The molecule has 0 radical (unpaired) electrons. The molecular weight excluding hydrogens is 386 g/mol. The third-order valence-corrected chi connectivity index (χ3v) is 5.38. The fourth-order valence-corrected chi connectivity index (χ4v) is 3.58. The molecule has 3 aromatic rings. The van der Waals surface area contributed by atoms with Crippen molar-refractivity contribution in [3.63, 3.8) is 0 Å². The number of nitrogens with zero attached hydrogens (tertiary/aromatic N) is 1. The number of hydrogen-bond acceptors (Lipinski definition) is 6. The monoisotopic (exact) mass is 403 g/mol. The number of methoxy groups -OCH3 is 1. The maximum absolute atomic E-state index is 12.1. The molecule has 0 unspecified atom stereocenters. The molecule has 0 spiro atoms. The quantitative estimate of drug-likeness (QED) is 0.316. The summed E-state index contributed by atoms with van der Waals surface area (Å²) in [5.41, 5.74) is 1.31. The molecule has 0 aliphatic heterocycles. The molecule has 0 aliphatic carbocycles. The maximum Gasteiger partial charge on any atom is 0.306 e. The molecule has 0 fully saturated rings. The molecular formula is C20H18ClNO4S. The summed E-state index contributed by atoms with van der Waals surface area (Å²) in [6.45, 7) is 1.95. The lowest BCUT2D eigenvalue weighted by atomic mass is 10.1. The molecule has 1 aromatic carbocycles. The summed E-state index contributed by atoms with van der Waals surface area (Å²) in [5, 5.41) is 1.14. The Morgan fingerprint density at radius 2 is 1.96 bits per heavy atom. The van der Waals surface area contributed by atoms with E-state index in [1.165, 1.54) is 11.3 Å². The van der Waals surface area contributed by atoms with Gasteiger partial charge in [-0.25, -0.2) is 4.98 Å². The average molecular weight is 404 g/mol. The number of halogens is 1. The second kappa shape index (κ2) is 8.50. The molecule has 27 heavy (non-hydrogen) atoms. The first-order valence-electron chi connectivity index (χ1n) is 8.34. The lowest BCUT2D eigenvalue weighted by Gasteiger charge is -2.08. The van der Waals surface area contributed by atoms with Gasteiger partial charge in [0.2, 0.25) is 0 Å². The van der Waals surface area contributed by atoms with Crippen molar-refractivity contribution in [1.82, 2.24) is 4.98 Å². The van der Waals surface area contributed by atoms with Crippen molar-refractivity contribution in [1.29, 1.82) is 0 Å². The predicted octanol–water partition coefficient (Wildman–Crippen LogP) is 4.97. The summed E-state index contributed by atoms with van der Waals surface area (Å²) in [7, 11) is 1.58. The molecule has 0 bridgehead atoms. The van der Waals surface area contributed by atoms with Gasteiger partial charge in [0.1, 0.15) is 17.5 Å². The number of thiophene rings is 1. The highest BCUT2D eigenvalue weighted by Gasteiger charge is 2.13. The lowest BCUT2D eigenvalue weighted by molar-refractivity contribution is -0.144. The smallest absolute Gasteiger partial charge is 0.306 e. The first kappa shape index (κ1) is 19.3. The van der Waals surface area contributed by atoms with E-state index in [2.05, 4.69) is 4.98 Å². The number of fused-ring (bicyclic) bond motifs is 1. The fourth-order valence-electron chi connectivity index (χ4n) is 2.55. The summed E-state index contributed by atoms with van der Waals surface area (Å²) in [6.07, 6.45) is 0.161. The largest absolute Gasteiger partial charge is 0.497 e. The number of pyridine rings is 1. The van der Waals surface area contributed by atoms with Crippen molar-refractivity contribution in [2.24, 2.45) is 0 Å². The van der Waals surface area contributed by atoms with E-state index < -0.39 is 5.97 Å². The van der Waals surface area contributed by atoms with Crippen molar-refractivity contribution >= 4 is 45.6 Å². The normalized spacial score (nSPS) is 10.8. The number of carbonyl (C=O) groups excluding carboxylic acids is 2. The van der Waals surface area contributed by atoms with Crippen LogP contribution in [0.15, 0.2) is 36.4 Å². The van der Waals surface area contributed by atoms with Crippen LogP contribution in [0.4, 0.5) is 0 Å². The number of ketones is 1. The van der Waals surface area contributed by atoms with Crippen molar-refractivity contribution < 1.29 is 19.1 Å². The summed E-state index contributed by atoms with van der Waals surface area (Å²) in [5.74, 6) is 0.197. The van der Waals surface area contributed by atoms with Gasteiger partial charge in [0, 0.05) is 28.3 Å². The Labute approximate surface area is 165 Å². The van der Waals surface area contributed by atoms with Gasteiger partial charge in [0.25, 0.3) is 0 Å². The number of aryl methyl sites for hydroxylation is 1. The molecule has 3 rings (SSSR count). The summed E-state index contributed by atoms with van der Waals surface area (Å²) >= 11 is 7.62. The SMILES string of the molecule is COc1ccc2cc(COC(=O)CCC(=O)c3ccc(C)s3)c(Cl)nc2c1. The number of aromatic nitrogens is 1. The number of hydrogen-bond donors (Lipinski definition) is 0. The predicted molar refractivity (Wildman–Crippen MR) is 106 cm³/mol. The van der Waals surface area contributed by atoms with E-state index >= 15 is 0 Å². The van der Waals surface area contributed by atoms with E-state index in [0.29, 0.717) is 21.7 Å². The van der Waals surface area contributed by atoms with Crippen LogP contribution in [-0.4, -0.2) is 23.8 Å². The number of carbonyl (C=O) groups is 2. The number of ether oxygens (including phenoxy) is 2. The molecule has 2 aromatic heterocycles. The number of rotatable bonds is 7. The number of Topliss-reactive ketones (excluding diaryl/α,β-unsaturated/α-hetero) is 1. The van der Waals surface area contributed by atoms with Gasteiger partial charge in [-0.3, -0.25) is 9.59 Å². The first-order chi connectivity index (χ1) is 13.0. The van der Waals surface area contributed by atoms with Crippen LogP contribution in [0.25, 0.3) is 10.9 Å². The Morgan fingerprint density at radius 1 is 1.15 bits per heavy atom. The highest BCUT2D eigenvalue weighted by molar-refractivity contribution is 7.14. The Kier molecular flexibility index (Phi) is 6.08. The van der Waals surface area contributed by atoms with E-state index in [4.69, 9.17) is 21.1 Å².